The summed E-state index contributed by atoms with van der Waals surface area (Å²) in [4.78, 5) is 11.0. The average molecular weight is 224 g/mol. The average Bonchev–Trinajstić information content (AvgIpc) is 2.27. The van der Waals surface area contributed by atoms with Crippen molar-refractivity contribution < 1.29 is 9.53 Å². The minimum atomic E-state index is -0.209. The molecule has 16 heavy (non-hydrogen) atoms. The van der Waals surface area contributed by atoms with Crippen molar-refractivity contribution in [2.45, 2.75) is 52.4 Å². The normalized spacial score (nSPS) is 25.9. The first-order valence-corrected chi connectivity index (χ1v) is 6.55. The van der Waals surface area contributed by atoms with E-state index < -0.39 is 0 Å². The molecule has 1 fully saturated rings. The Morgan fingerprint density at radius 3 is 2.62 bits per heavy atom. The molecule has 92 valence electrons. The first-order chi connectivity index (χ1) is 7.72. The number of esters is 1. The van der Waals surface area contributed by atoms with Crippen molar-refractivity contribution in [3.8, 4) is 0 Å². The zero-order chi connectivity index (χ0) is 11.8. The summed E-state index contributed by atoms with van der Waals surface area (Å²) in [6.07, 6.45) is 11.3. The minimum Gasteiger partial charge on any atom is -0.463 e. The van der Waals surface area contributed by atoms with Gasteiger partial charge < -0.3 is 4.74 Å². The predicted molar refractivity (Wildman–Crippen MR) is 66.1 cm³/mol. The summed E-state index contributed by atoms with van der Waals surface area (Å²) in [7, 11) is 0. The second-order valence-corrected chi connectivity index (χ2v) is 4.86. The molecule has 0 aromatic rings. The lowest BCUT2D eigenvalue weighted by molar-refractivity contribution is -0.137. The Hall–Kier alpha value is -0.790. The Morgan fingerprint density at radius 2 is 2.00 bits per heavy atom. The van der Waals surface area contributed by atoms with Crippen molar-refractivity contribution >= 4 is 5.97 Å². The van der Waals surface area contributed by atoms with E-state index in [0.717, 1.165) is 18.3 Å². The molecule has 0 aliphatic heterocycles. The second-order valence-electron chi connectivity index (χ2n) is 4.86. The van der Waals surface area contributed by atoms with Crippen LogP contribution in [0.15, 0.2) is 12.2 Å². The lowest BCUT2D eigenvalue weighted by Crippen LogP contribution is -2.11. The quantitative estimate of drug-likeness (QED) is 0.525. The number of ether oxygens (including phenoxy) is 1. The van der Waals surface area contributed by atoms with Gasteiger partial charge in [0, 0.05) is 6.08 Å². The van der Waals surface area contributed by atoms with Gasteiger partial charge in [0.25, 0.3) is 0 Å². The van der Waals surface area contributed by atoms with Crippen LogP contribution in [0.25, 0.3) is 0 Å². The van der Waals surface area contributed by atoms with Gasteiger partial charge in [-0.05, 0) is 31.6 Å². The molecule has 0 atom stereocenters. The van der Waals surface area contributed by atoms with Crippen LogP contribution in [-0.2, 0) is 9.53 Å². The van der Waals surface area contributed by atoms with Gasteiger partial charge in [-0.25, -0.2) is 4.79 Å². The summed E-state index contributed by atoms with van der Waals surface area (Å²) < 4.78 is 4.82. The molecule has 0 amide bonds. The van der Waals surface area contributed by atoms with Gasteiger partial charge in [-0.3, -0.25) is 0 Å². The number of hydrogen-bond donors (Lipinski definition) is 0. The summed E-state index contributed by atoms with van der Waals surface area (Å²) in [6.45, 7) is 4.63. The van der Waals surface area contributed by atoms with Crippen molar-refractivity contribution in [1.29, 1.82) is 0 Å². The SMILES string of the molecule is CCOC(=O)C=CCCC1CCC(C)CC1. The van der Waals surface area contributed by atoms with Crippen molar-refractivity contribution in [3.63, 3.8) is 0 Å². The topological polar surface area (TPSA) is 26.3 Å². The van der Waals surface area contributed by atoms with Crippen LogP contribution in [-0.4, -0.2) is 12.6 Å². The molecule has 1 aliphatic rings. The van der Waals surface area contributed by atoms with Gasteiger partial charge in [0.2, 0.25) is 0 Å². The Balaban J connectivity index is 2.08. The van der Waals surface area contributed by atoms with Crippen LogP contribution >= 0.6 is 0 Å². The molecule has 0 heterocycles. The minimum absolute atomic E-state index is 0.209. The fraction of sp³-hybridized carbons (Fsp3) is 0.786. The van der Waals surface area contributed by atoms with Gasteiger partial charge in [-0.1, -0.05) is 38.7 Å². The molecule has 2 nitrogen and oxygen atoms in total. The fourth-order valence-electron chi connectivity index (χ4n) is 2.32. The van der Waals surface area contributed by atoms with Crippen LogP contribution in [0.5, 0.6) is 0 Å². The third-order valence-corrected chi connectivity index (χ3v) is 3.42. The molecule has 1 rings (SSSR count). The summed E-state index contributed by atoms with van der Waals surface area (Å²) in [5.41, 5.74) is 0. The number of carbonyl (C=O) groups excluding carboxylic acids is 1. The van der Waals surface area contributed by atoms with E-state index in [1.54, 1.807) is 6.08 Å². The maximum Gasteiger partial charge on any atom is 0.330 e. The second kappa shape index (κ2) is 7.48. The van der Waals surface area contributed by atoms with Crippen LogP contribution in [0.3, 0.4) is 0 Å². The van der Waals surface area contributed by atoms with E-state index in [2.05, 4.69) is 6.92 Å². The van der Waals surface area contributed by atoms with Gasteiger partial charge in [0.1, 0.15) is 0 Å². The summed E-state index contributed by atoms with van der Waals surface area (Å²) in [5.74, 6) is 1.59. The summed E-state index contributed by atoms with van der Waals surface area (Å²) in [5, 5.41) is 0. The zero-order valence-electron chi connectivity index (χ0n) is 10.6. The largest absolute Gasteiger partial charge is 0.463 e. The first-order valence-electron chi connectivity index (χ1n) is 6.55. The van der Waals surface area contributed by atoms with Crippen LogP contribution in [0.1, 0.15) is 52.4 Å². The van der Waals surface area contributed by atoms with Crippen molar-refractivity contribution in [3.05, 3.63) is 12.2 Å². The maximum absolute atomic E-state index is 11.0. The molecule has 0 spiro atoms. The van der Waals surface area contributed by atoms with Gasteiger partial charge >= 0.3 is 5.97 Å². The zero-order valence-corrected chi connectivity index (χ0v) is 10.6. The molecule has 0 radical (unpaired) electrons. The number of rotatable bonds is 5. The molecule has 0 unspecified atom stereocenters. The fourth-order valence-corrected chi connectivity index (χ4v) is 2.32. The molecule has 0 aromatic heterocycles. The van der Waals surface area contributed by atoms with Gasteiger partial charge in [0.15, 0.2) is 0 Å². The molecular weight excluding hydrogens is 200 g/mol. The third-order valence-electron chi connectivity index (χ3n) is 3.42. The highest BCUT2D eigenvalue weighted by molar-refractivity contribution is 5.81. The van der Waals surface area contributed by atoms with Gasteiger partial charge in [-0.15, -0.1) is 0 Å². The molecule has 1 aliphatic carbocycles. The number of carbonyl (C=O) groups is 1. The van der Waals surface area contributed by atoms with E-state index in [9.17, 15) is 4.79 Å². The lowest BCUT2D eigenvalue weighted by atomic mass is 9.81. The highest BCUT2D eigenvalue weighted by Gasteiger charge is 2.16. The molecule has 0 bridgehead atoms. The van der Waals surface area contributed by atoms with E-state index in [1.165, 1.54) is 32.1 Å². The Labute approximate surface area is 99.1 Å². The lowest BCUT2D eigenvalue weighted by Gasteiger charge is -2.25. The smallest absolute Gasteiger partial charge is 0.330 e. The maximum atomic E-state index is 11.0. The Bertz CT molecular complexity index is 225. The van der Waals surface area contributed by atoms with Crippen molar-refractivity contribution in [2.75, 3.05) is 6.61 Å². The molecule has 1 saturated carbocycles. The van der Waals surface area contributed by atoms with Crippen molar-refractivity contribution in [1.82, 2.24) is 0 Å². The van der Waals surface area contributed by atoms with Crippen LogP contribution in [0.4, 0.5) is 0 Å². The van der Waals surface area contributed by atoms with E-state index >= 15 is 0 Å². The number of hydrogen-bond acceptors (Lipinski definition) is 2. The Kier molecular flexibility index (Phi) is 6.20. The highest BCUT2D eigenvalue weighted by Crippen LogP contribution is 2.30. The highest BCUT2D eigenvalue weighted by atomic mass is 16.5. The standard InChI is InChI=1S/C14H24O2/c1-3-16-14(15)7-5-4-6-13-10-8-12(2)9-11-13/h5,7,12-13H,3-4,6,8-11H2,1-2H3. The Morgan fingerprint density at radius 1 is 1.31 bits per heavy atom. The molecule has 0 N–H and O–H groups in total. The van der Waals surface area contributed by atoms with Crippen molar-refractivity contribution in [2.24, 2.45) is 11.8 Å². The monoisotopic (exact) mass is 224 g/mol. The van der Waals surface area contributed by atoms with E-state index in [-0.39, 0.29) is 5.97 Å². The van der Waals surface area contributed by atoms with E-state index in [4.69, 9.17) is 4.74 Å². The van der Waals surface area contributed by atoms with Crippen LogP contribution in [0.2, 0.25) is 0 Å². The molecule has 2 heteroatoms. The molecular formula is C14H24O2. The van der Waals surface area contributed by atoms with E-state index in [0.29, 0.717) is 6.61 Å². The molecule has 0 saturated heterocycles. The first kappa shape index (κ1) is 13.3. The summed E-state index contributed by atoms with van der Waals surface area (Å²) in [6, 6.07) is 0. The van der Waals surface area contributed by atoms with Gasteiger partial charge in [-0.2, -0.15) is 0 Å². The third kappa shape index (κ3) is 5.34. The number of allylic oxidation sites excluding steroid dienone is 1. The predicted octanol–water partition coefficient (Wildman–Crippen LogP) is 3.71. The molecule has 0 aromatic carbocycles. The van der Waals surface area contributed by atoms with Crippen LogP contribution in [0, 0.1) is 11.8 Å². The van der Waals surface area contributed by atoms with Crippen LogP contribution < -0.4 is 0 Å². The summed E-state index contributed by atoms with van der Waals surface area (Å²) >= 11 is 0. The van der Waals surface area contributed by atoms with E-state index in [1.807, 2.05) is 13.0 Å². The van der Waals surface area contributed by atoms with Gasteiger partial charge in [0.05, 0.1) is 6.61 Å².